The molecule has 0 bridgehead atoms. The van der Waals surface area contributed by atoms with Crippen molar-refractivity contribution in [2.24, 2.45) is 0 Å². The van der Waals surface area contributed by atoms with Gasteiger partial charge in [0.1, 0.15) is 6.04 Å². The lowest BCUT2D eigenvalue weighted by atomic mass is 10.2. The summed E-state index contributed by atoms with van der Waals surface area (Å²) in [5.41, 5.74) is 0. The number of nitrogens with one attached hydrogen (secondary N) is 3. The zero-order chi connectivity index (χ0) is 12.8. The summed E-state index contributed by atoms with van der Waals surface area (Å²) in [4.78, 5) is 35.4. The van der Waals surface area contributed by atoms with Crippen LogP contribution in [0, 0.1) is 0 Å². The first-order chi connectivity index (χ1) is 7.99. The molecule has 0 radical (unpaired) electrons. The molecule has 7 heteroatoms. The molecule has 17 heavy (non-hydrogen) atoms. The van der Waals surface area contributed by atoms with Crippen molar-refractivity contribution in [2.45, 2.75) is 18.9 Å². The molecule has 1 aliphatic heterocycles. The lowest BCUT2D eigenvalue weighted by Crippen LogP contribution is -2.36. The van der Waals surface area contributed by atoms with Crippen molar-refractivity contribution in [3.8, 4) is 0 Å². The Bertz CT molecular complexity index is 317. The third-order valence-electron chi connectivity index (χ3n) is 2.35. The van der Waals surface area contributed by atoms with E-state index >= 15 is 0 Å². The molecule has 7 nitrogen and oxygen atoms in total. The Morgan fingerprint density at radius 2 is 2.12 bits per heavy atom. The zero-order valence-corrected chi connectivity index (χ0v) is 10.1. The molecule has 0 aromatic heterocycles. The molecule has 1 saturated heterocycles. The molecule has 0 saturated carbocycles. The molecule has 1 atom stereocenters. The largest absolute Gasteiger partial charge is 0.356 e. The van der Waals surface area contributed by atoms with Gasteiger partial charge >= 0.3 is 6.03 Å². The van der Waals surface area contributed by atoms with Gasteiger partial charge in [-0.05, 0) is 27.1 Å². The van der Waals surface area contributed by atoms with E-state index in [0.717, 1.165) is 13.0 Å². The Labute approximate surface area is 99.9 Å². The number of nitrogens with zero attached hydrogens (tertiary/aromatic N) is 1. The second-order valence-corrected chi connectivity index (χ2v) is 4.23. The van der Waals surface area contributed by atoms with Gasteiger partial charge in [-0.2, -0.15) is 0 Å². The molecule has 0 aromatic rings. The van der Waals surface area contributed by atoms with Crippen LogP contribution >= 0.6 is 0 Å². The topological polar surface area (TPSA) is 90.5 Å². The van der Waals surface area contributed by atoms with Crippen LogP contribution in [0.5, 0.6) is 0 Å². The van der Waals surface area contributed by atoms with Gasteiger partial charge in [0.15, 0.2) is 0 Å². The van der Waals surface area contributed by atoms with Crippen LogP contribution in [0.2, 0.25) is 0 Å². The van der Waals surface area contributed by atoms with E-state index in [1.807, 2.05) is 19.0 Å². The second-order valence-electron chi connectivity index (χ2n) is 4.23. The van der Waals surface area contributed by atoms with Gasteiger partial charge in [-0.15, -0.1) is 0 Å². The first-order valence-corrected chi connectivity index (χ1v) is 5.52. The number of urea groups is 1. The van der Waals surface area contributed by atoms with Gasteiger partial charge in [0.25, 0.3) is 5.91 Å². The molecule has 96 valence electrons. The molecule has 0 aromatic carbocycles. The van der Waals surface area contributed by atoms with Gasteiger partial charge in [-0.3, -0.25) is 14.9 Å². The van der Waals surface area contributed by atoms with Crippen LogP contribution in [-0.4, -0.2) is 56.0 Å². The predicted octanol–water partition coefficient (Wildman–Crippen LogP) is -1.35. The van der Waals surface area contributed by atoms with Crippen molar-refractivity contribution in [3.05, 3.63) is 0 Å². The zero-order valence-electron chi connectivity index (χ0n) is 10.1. The van der Waals surface area contributed by atoms with E-state index in [9.17, 15) is 14.4 Å². The average molecular weight is 242 g/mol. The summed E-state index contributed by atoms with van der Waals surface area (Å²) < 4.78 is 0. The number of carbonyl (C=O) groups excluding carboxylic acids is 3. The van der Waals surface area contributed by atoms with E-state index in [1.165, 1.54) is 0 Å². The van der Waals surface area contributed by atoms with Crippen LogP contribution in [0.3, 0.4) is 0 Å². The molecule has 3 N–H and O–H groups in total. The van der Waals surface area contributed by atoms with Crippen LogP contribution in [0.15, 0.2) is 0 Å². The fraction of sp³-hybridized carbons (Fsp3) is 0.700. The summed E-state index contributed by atoms with van der Waals surface area (Å²) in [6.07, 6.45) is 0.835. The Morgan fingerprint density at radius 1 is 1.41 bits per heavy atom. The monoisotopic (exact) mass is 242 g/mol. The Hall–Kier alpha value is -1.63. The van der Waals surface area contributed by atoms with Gasteiger partial charge in [-0.25, -0.2) is 4.79 Å². The van der Waals surface area contributed by atoms with Crippen LogP contribution in [-0.2, 0) is 9.59 Å². The Balaban J connectivity index is 2.17. The van der Waals surface area contributed by atoms with Crippen LogP contribution in [0.25, 0.3) is 0 Å². The highest BCUT2D eigenvalue weighted by Gasteiger charge is 2.30. The normalized spacial score (nSPS) is 19.1. The maximum absolute atomic E-state index is 11.4. The summed E-state index contributed by atoms with van der Waals surface area (Å²) in [5.74, 6) is -0.676. The maximum Gasteiger partial charge on any atom is 0.322 e. The van der Waals surface area contributed by atoms with Gasteiger partial charge in [0.2, 0.25) is 5.91 Å². The van der Waals surface area contributed by atoms with Crippen molar-refractivity contribution < 1.29 is 14.4 Å². The van der Waals surface area contributed by atoms with Crippen LogP contribution in [0.4, 0.5) is 4.79 Å². The SMILES string of the molecule is CN(C)CCCNC(=O)CC1NC(=O)NC1=O. The summed E-state index contributed by atoms with van der Waals surface area (Å²) in [7, 11) is 3.92. The summed E-state index contributed by atoms with van der Waals surface area (Å²) >= 11 is 0. The maximum atomic E-state index is 11.4. The van der Waals surface area contributed by atoms with E-state index in [0.29, 0.717) is 6.54 Å². The Morgan fingerprint density at radius 3 is 2.65 bits per heavy atom. The smallest absolute Gasteiger partial charge is 0.322 e. The number of carbonyl (C=O) groups is 3. The highest BCUT2D eigenvalue weighted by Crippen LogP contribution is 1.98. The molecule has 0 spiro atoms. The van der Waals surface area contributed by atoms with Crippen LogP contribution < -0.4 is 16.0 Å². The lowest BCUT2D eigenvalue weighted by molar-refractivity contribution is -0.126. The minimum Gasteiger partial charge on any atom is -0.356 e. The molecule has 4 amide bonds. The molecular weight excluding hydrogens is 224 g/mol. The highest BCUT2D eigenvalue weighted by molar-refractivity contribution is 6.05. The van der Waals surface area contributed by atoms with E-state index < -0.39 is 18.0 Å². The fourth-order valence-electron chi connectivity index (χ4n) is 1.48. The predicted molar refractivity (Wildman–Crippen MR) is 61.3 cm³/mol. The first kappa shape index (κ1) is 13.4. The molecular formula is C10H18N4O3. The standard InChI is InChI=1S/C10H18N4O3/c1-14(2)5-3-4-11-8(15)6-7-9(16)13-10(17)12-7/h7H,3-6H2,1-2H3,(H,11,15)(H2,12,13,16,17). The molecule has 1 unspecified atom stereocenters. The number of rotatable bonds is 6. The minimum atomic E-state index is -0.739. The summed E-state index contributed by atoms with van der Waals surface area (Å²) in [5, 5.41) is 7.16. The van der Waals surface area contributed by atoms with Crippen molar-refractivity contribution in [1.29, 1.82) is 0 Å². The number of imide groups is 1. The fourth-order valence-corrected chi connectivity index (χ4v) is 1.48. The van der Waals surface area contributed by atoms with Gasteiger partial charge in [0.05, 0.1) is 6.42 Å². The van der Waals surface area contributed by atoms with Crippen molar-refractivity contribution in [2.75, 3.05) is 27.2 Å². The summed E-state index contributed by atoms with van der Waals surface area (Å²) in [6, 6.07) is -1.28. The number of hydrogen-bond acceptors (Lipinski definition) is 4. The average Bonchev–Trinajstić information content (AvgIpc) is 2.52. The first-order valence-electron chi connectivity index (χ1n) is 5.52. The molecule has 1 rings (SSSR count). The van der Waals surface area contributed by atoms with Crippen molar-refractivity contribution in [3.63, 3.8) is 0 Å². The van der Waals surface area contributed by atoms with Crippen molar-refractivity contribution in [1.82, 2.24) is 20.9 Å². The van der Waals surface area contributed by atoms with Gasteiger partial charge in [-0.1, -0.05) is 0 Å². The lowest BCUT2D eigenvalue weighted by Gasteiger charge is -2.11. The van der Waals surface area contributed by atoms with Gasteiger partial charge in [0, 0.05) is 6.54 Å². The number of hydrogen-bond donors (Lipinski definition) is 3. The quantitative estimate of drug-likeness (QED) is 0.397. The molecule has 0 aliphatic carbocycles. The van der Waals surface area contributed by atoms with E-state index in [2.05, 4.69) is 16.0 Å². The third-order valence-corrected chi connectivity index (χ3v) is 2.35. The summed E-state index contributed by atoms with van der Waals surface area (Å²) in [6.45, 7) is 1.46. The Kier molecular flexibility index (Phi) is 4.89. The van der Waals surface area contributed by atoms with E-state index in [-0.39, 0.29) is 12.3 Å². The second kappa shape index (κ2) is 6.19. The number of amides is 4. The van der Waals surface area contributed by atoms with Gasteiger partial charge < -0.3 is 15.5 Å². The van der Waals surface area contributed by atoms with Crippen molar-refractivity contribution >= 4 is 17.8 Å². The van der Waals surface area contributed by atoms with E-state index in [1.54, 1.807) is 0 Å². The highest BCUT2D eigenvalue weighted by atomic mass is 16.2. The third kappa shape index (κ3) is 4.81. The molecule has 1 fully saturated rings. The minimum absolute atomic E-state index is 0.0143. The molecule has 1 heterocycles. The van der Waals surface area contributed by atoms with Crippen LogP contribution in [0.1, 0.15) is 12.8 Å². The van der Waals surface area contributed by atoms with E-state index in [4.69, 9.17) is 0 Å². The molecule has 1 aliphatic rings.